The van der Waals surface area contributed by atoms with E-state index < -0.39 is 0 Å². The first kappa shape index (κ1) is 11.5. The summed E-state index contributed by atoms with van der Waals surface area (Å²) in [7, 11) is 4.01. The van der Waals surface area contributed by atoms with E-state index in [1.165, 1.54) is 12.8 Å². The summed E-state index contributed by atoms with van der Waals surface area (Å²) in [6.45, 7) is 2.62. The molecule has 4 heteroatoms. The number of rotatable bonds is 4. The Morgan fingerprint density at radius 1 is 1.50 bits per heavy atom. The zero-order valence-corrected chi connectivity index (χ0v) is 9.18. The van der Waals surface area contributed by atoms with Crippen LogP contribution in [0.2, 0.25) is 0 Å². The summed E-state index contributed by atoms with van der Waals surface area (Å²) in [6, 6.07) is 0.0471. The van der Waals surface area contributed by atoms with Gasteiger partial charge in [0, 0.05) is 13.1 Å². The highest BCUT2D eigenvalue weighted by Crippen LogP contribution is 2.06. The Kier molecular flexibility index (Phi) is 4.90. The molecule has 1 heterocycles. The topological polar surface area (TPSA) is 44.4 Å². The molecule has 14 heavy (non-hydrogen) atoms. The number of hydrogen-bond donors (Lipinski definition) is 2. The molecule has 82 valence electrons. The van der Waals surface area contributed by atoms with Gasteiger partial charge in [-0.3, -0.25) is 4.79 Å². The second kappa shape index (κ2) is 5.98. The van der Waals surface area contributed by atoms with E-state index in [4.69, 9.17) is 0 Å². The van der Waals surface area contributed by atoms with Gasteiger partial charge in [-0.15, -0.1) is 0 Å². The van der Waals surface area contributed by atoms with Gasteiger partial charge in [-0.05, 0) is 33.5 Å². The summed E-state index contributed by atoms with van der Waals surface area (Å²) in [5.41, 5.74) is 0. The molecule has 0 aromatic heterocycles. The predicted octanol–water partition coefficient (Wildman–Crippen LogP) is -0.194. The minimum atomic E-state index is 0.0471. The Morgan fingerprint density at radius 3 is 2.86 bits per heavy atom. The summed E-state index contributed by atoms with van der Waals surface area (Å²) in [5.74, 6) is 0.159. The van der Waals surface area contributed by atoms with Crippen LogP contribution in [0.4, 0.5) is 0 Å². The van der Waals surface area contributed by atoms with Crippen molar-refractivity contribution in [2.24, 2.45) is 0 Å². The first-order valence-corrected chi connectivity index (χ1v) is 5.36. The smallest absolute Gasteiger partial charge is 0.237 e. The van der Waals surface area contributed by atoms with E-state index in [0.29, 0.717) is 0 Å². The first-order chi connectivity index (χ1) is 6.70. The number of piperidine rings is 1. The van der Waals surface area contributed by atoms with Gasteiger partial charge in [0.1, 0.15) is 0 Å². The van der Waals surface area contributed by atoms with Gasteiger partial charge >= 0.3 is 0 Å². The molecule has 0 aromatic rings. The van der Waals surface area contributed by atoms with Crippen molar-refractivity contribution in [3.63, 3.8) is 0 Å². The second-order valence-electron chi connectivity index (χ2n) is 4.10. The predicted molar refractivity (Wildman–Crippen MR) is 57.2 cm³/mol. The highest BCUT2D eigenvalue weighted by molar-refractivity contribution is 5.81. The van der Waals surface area contributed by atoms with Crippen LogP contribution in [-0.2, 0) is 4.79 Å². The molecule has 2 N–H and O–H groups in total. The van der Waals surface area contributed by atoms with Crippen molar-refractivity contribution < 1.29 is 4.79 Å². The first-order valence-electron chi connectivity index (χ1n) is 5.36. The van der Waals surface area contributed by atoms with Crippen LogP contribution >= 0.6 is 0 Å². The third-order valence-electron chi connectivity index (χ3n) is 2.49. The fourth-order valence-electron chi connectivity index (χ4n) is 1.60. The van der Waals surface area contributed by atoms with E-state index in [-0.39, 0.29) is 11.9 Å². The summed E-state index contributed by atoms with van der Waals surface area (Å²) in [4.78, 5) is 13.7. The second-order valence-corrected chi connectivity index (χ2v) is 4.10. The Balaban J connectivity index is 2.13. The molecule has 0 spiro atoms. The van der Waals surface area contributed by atoms with Crippen LogP contribution in [0.1, 0.15) is 19.3 Å². The molecule has 0 saturated carbocycles. The fourth-order valence-corrected chi connectivity index (χ4v) is 1.60. The largest absolute Gasteiger partial charge is 0.353 e. The lowest BCUT2D eigenvalue weighted by Crippen LogP contribution is -2.47. The number of nitrogens with one attached hydrogen (secondary N) is 2. The molecule has 1 unspecified atom stereocenters. The van der Waals surface area contributed by atoms with E-state index in [1.54, 1.807) is 0 Å². The average Bonchev–Trinajstić information content (AvgIpc) is 2.18. The molecular formula is C10H21N3O. The van der Waals surface area contributed by atoms with E-state index in [1.807, 2.05) is 14.1 Å². The van der Waals surface area contributed by atoms with Gasteiger partial charge in [0.25, 0.3) is 0 Å². The van der Waals surface area contributed by atoms with Crippen molar-refractivity contribution >= 4 is 5.91 Å². The molecule has 1 rings (SSSR count). The lowest BCUT2D eigenvalue weighted by atomic mass is 10.0. The van der Waals surface area contributed by atoms with Gasteiger partial charge < -0.3 is 15.5 Å². The minimum absolute atomic E-state index is 0.0471. The van der Waals surface area contributed by atoms with E-state index in [2.05, 4.69) is 15.5 Å². The molecule has 4 nitrogen and oxygen atoms in total. The molecule has 1 aliphatic heterocycles. The van der Waals surface area contributed by atoms with Crippen LogP contribution in [0, 0.1) is 0 Å². The van der Waals surface area contributed by atoms with Gasteiger partial charge in [0.15, 0.2) is 0 Å². The molecule has 0 aliphatic carbocycles. The zero-order valence-electron chi connectivity index (χ0n) is 9.18. The van der Waals surface area contributed by atoms with Crippen molar-refractivity contribution in [1.82, 2.24) is 15.5 Å². The van der Waals surface area contributed by atoms with Crippen molar-refractivity contribution in [1.29, 1.82) is 0 Å². The monoisotopic (exact) mass is 199 g/mol. The van der Waals surface area contributed by atoms with E-state index in [0.717, 1.165) is 26.1 Å². The third kappa shape index (κ3) is 4.07. The maximum Gasteiger partial charge on any atom is 0.237 e. The molecular weight excluding hydrogens is 178 g/mol. The van der Waals surface area contributed by atoms with Crippen molar-refractivity contribution in [2.45, 2.75) is 25.3 Å². The Hall–Kier alpha value is -0.610. The van der Waals surface area contributed by atoms with Gasteiger partial charge in [-0.2, -0.15) is 0 Å². The zero-order chi connectivity index (χ0) is 10.4. The van der Waals surface area contributed by atoms with Crippen molar-refractivity contribution in [2.75, 3.05) is 33.7 Å². The fraction of sp³-hybridized carbons (Fsp3) is 0.900. The summed E-state index contributed by atoms with van der Waals surface area (Å²) in [6.07, 6.45) is 3.34. The SMILES string of the molecule is CN(C)CCNC(=O)C1CCCCN1. The normalized spacial score (nSPS) is 22.4. The third-order valence-corrected chi connectivity index (χ3v) is 2.49. The van der Waals surface area contributed by atoms with Crippen LogP contribution in [0.25, 0.3) is 0 Å². The molecule has 1 fully saturated rings. The molecule has 1 atom stereocenters. The summed E-state index contributed by atoms with van der Waals surface area (Å²) >= 11 is 0. The van der Waals surface area contributed by atoms with Crippen molar-refractivity contribution in [3.8, 4) is 0 Å². The maximum atomic E-state index is 11.6. The highest BCUT2D eigenvalue weighted by atomic mass is 16.2. The van der Waals surface area contributed by atoms with Crippen LogP contribution in [0.5, 0.6) is 0 Å². The number of nitrogens with zero attached hydrogens (tertiary/aromatic N) is 1. The highest BCUT2D eigenvalue weighted by Gasteiger charge is 2.19. The number of carbonyl (C=O) groups is 1. The molecule has 0 radical (unpaired) electrons. The molecule has 1 saturated heterocycles. The lowest BCUT2D eigenvalue weighted by molar-refractivity contribution is -0.123. The van der Waals surface area contributed by atoms with Gasteiger partial charge in [0.05, 0.1) is 6.04 Å². The molecule has 1 amide bonds. The van der Waals surface area contributed by atoms with Crippen LogP contribution in [0.3, 0.4) is 0 Å². The maximum absolute atomic E-state index is 11.6. The summed E-state index contributed by atoms with van der Waals surface area (Å²) < 4.78 is 0. The number of likely N-dealkylation sites (N-methyl/N-ethyl adjacent to an activating group) is 1. The Labute approximate surface area is 86.0 Å². The van der Waals surface area contributed by atoms with Crippen LogP contribution in [-0.4, -0.2) is 50.6 Å². The van der Waals surface area contributed by atoms with E-state index >= 15 is 0 Å². The number of amides is 1. The number of hydrogen-bond acceptors (Lipinski definition) is 3. The summed E-state index contributed by atoms with van der Waals surface area (Å²) in [5, 5.41) is 6.17. The molecule has 0 aromatic carbocycles. The van der Waals surface area contributed by atoms with Crippen LogP contribution < -0.4 is 10.6 Å². The molecule has 1 aliphatic rings. The molecule has 0 bridgehead atoms. The number of carbonyl (C=O) groups excluding carboxylic acids is 1. The van der Waals surface area contributed by atoms with Crippen LogP contribution in [0.15, 0.2) is 0 Å². The standard InChI is InChI=1S/C10H21N3O/c1-13(2)8-7-12-10(14)9-5-3-4-6-11-9/h9,11H,3-8H2,1-2H3,(H,12,14). The minimum Gasteiger partial charge on any atom is -0.353 e. The van der Waals surface area contributed by atoms with Gasteiger partial charge in [-0.1, -0.05) is 6.42 Å². The van der Waals surface area contributed by atoms with Crippen molar-refractivity contribution in [3.05, 3.63) is 0 Å². The Bertz CT molecular complexity index is 176. The lowest BCUT2D eigenvalue weighted by Gasteiger charge is -2.22. The quantitative estimate of drug-likeness (QED) is 0.659. The van der Waals surface area contributed by atoms with Gasteiger partial charge in [-0.25, -0.2) is 0 Å². The van der Waals surface area contributed by atoms with E-state index in [9.17, 15) is 4.79 Å². The van der Waals surface area contributed by atoms with Gasteiger partial charge in [0.2, 0.25) is 5.91 Å². The Morgan fingerprint density at radius 2 is 2.29 bits per heavy atom. The average molecular weight is 199 g/mol.